The van der Waals surface area contributed by atoms with Crippen molar-refractivity contribution >= 4 is 5.97 Å². The van der Waals surface area contributed by atoms with E-state index in [0.29, 0.717) is 5.56 Å². The highest BCUT2D eigenvalue weighted by Crippen LogP contribution is 2.30. The Morgan fingerprint density at radius 3 is 3.13 bits per heavy atom. The highest BCUT2D eigenvalue weighted by Gasteiger charge is 2.26. The molecule has 0 aliphatic heterocycles. The van der Waals surface area contributed by atoms with Crippen molar-refractivity contribution in [3.63, 3.8) is 0 Å². The fourth-order valence-corrected chi connectivity index (χ4v) is 2.09. The van der Waals surface area contributed by atoms with Crippen LogP contribution in [0.4, 0.5) is 0 Å². The minimum absolute atomic E-state index is 0.109. The second-order valence-corrected chi connectivity index (χ2v) is 4.10. The molecule has 1 N–H and O–H groups in total. The first-order valence-corrected chi connectivity index (χ1v) is 5.49. The Balaban J connectivity index is 1.86. The van der Waals surface area contributed by atoms with Crippen LogP contribution in [0.2, 0.25) is 0 Å². The molecule has 0 bridgehead atoms. The molecule has 0 spiro atoms. The number of hydrogen-bond acceptors (Lipinski definition) is 3. The van der Waals surface area contributed by atoms with Crippen molar-refractivity contribution in [2.24, 2.45) is 5.92 Å². The van der Waals surface area contributed by atoms with E-state index in [0.717, 1.165) is 18.8 Å². The Bertz CT molecular complexity index is 321. The van der Waals surface area contributed by atoms with Crippen LogP contribution in [-0.4, -0.2) is 22.3 Å². The molecule has 1 aliphatic carbocycles. The maximum atomic E-state index is 11.6. The van der Waals surface area contributed by atoms with Gasteiger partial charge in [0.25, 0.3) is 0 Å². The second kappa shape index (κ2) is 4.47. The molecule has 1 aliphatic rings. The number of nitrogens with one attached hydrogen (secondary N) is 1. The number of aromatic nitrogens is 2. The topological polar surface area (TPSA) is 55.0 Å². The lowest BCUT2D eigenvalue weighted by molar-refractivity contribution is 0.0309. The molecule has 1 aromatic heterocycles. The fraction of sp³-hybridized carbons (Fsp3) is 0.636. The molecular weight excluding hydrogens is 192 g/mol. The van der Waals surface area contributed by atoms with Crippen LogP contribution in [0.25, 0.3) is 0 Å². The summed E-state index contributed by atoms with van der Waals surface area (Å²) >= 11 is 0. The maximum absolute atomic E-state index is 11.6. The highest BCUT2D eigenvalue weighted by molar-refractivity contribution is 5.88. The summed E-state index contributed by atoms with van der Waals surface area (Å²) in [4.78, 5) is 11.6. The lowest BCUT2D eigenvalue weighted by Gasteiger charge is -2.11. The molecule has 15 heavy (non-hydrogen) atoms. The van der Waals surface area contributed by atoms with Crippen LogP contribution < -0.4 is 0 Å². The zero-order chi connectivity index (χ0) is 10.7. The first-order chi connectivity index (χ1) is 7.29. The van der Waals surface area contributed by atoms with Gasteiger partial charge in [0.1, 0.15) is 6.10 Å². The van der Waals surface area contributed by atoms with Crippen molar-refractivity contribution < 1.29 is 9.53 Å². The Hall–Kier alpha value is -1.32. The normalized spacial score (nSPS) is 25.4. The van der Waals surface area contributed by atoms with Crippen LogP contribution >= 0.6 is 0 Å². The molecule has 2 rings (SSSR count). The van der Waals surface area contributed by atoms with Crippen molar-refractivity contribution in [3.05, 3.63) is 18.0 Å². The quantitative estimate of drug-likeness (QED) is 0.774. The lowest BCUT2D eigenvalue weighted by Crippen LogP contribution is -2.14. The number of ether oxygens (including phenoxy) is 1. The van der Waals surface area contributed by atoms with Gasteiger partial charge in [-0.15, -0.1) is 0 Å². The summed E-state index contributed by atoms with van der Waals surface area (Å²) in [6.45, 7) is 2.19. The average Bonchev–Trinajstić information content (AvgIpc) is 2.87. The number of esters is 1. The van der Waals surface area contributed by atoms with E-state index >= 15 is 0 Å². The van der Waals surface area contributed by atoms with Crippen LogP contribution in [0, 0.1) is 5.92 Å². The van der Waals surface area contributed by atoms with Gasteiger partial charge in [-0.3, -0.25) is 5.10 Å². The van der Waals surface area contributed by atoms with Crippen molar-refractivity contribution in [1.82, 2.24) is 10.2 Å². The first kappa shape index (κ1) is 10.2. The Kier molecular flexibility index (Phi) is 3.04. The number of aromatic amines is 1. The molecule has 0 aromatic carbocycles. The molecule has 0 amide bonds. The molecule has 82 valence electrons. The average molecular weight is 208 g/mol. The Morgan fingerprint density at radius 2 is 2.53 bits per heavy atom. The Morgan fingerprint density at radius 1 is 1.67 bits per heavy atom. The summed E-state index contributed by atoms with van der Waals surface area (Å²) in [6, 6.07) is 0. The summed E-state index contributed by atoms with van der Waals surface area (Å²) in [7, 11) is 0. The molecule has 2 atom stereocenters. The van der Waals surface area contributed by atoms with Crippen molar-refractivity contribution in [2.75, 3.05) is 0 Å². The molecule has 1 aromatic rings. The van der Waals surface area contributed by atoms with E-state index in [4.69, 9.17) is 4.74 Å². The fourth-order valence-electron chi connectivity index (χ4n) is 2.09. The van der Waals surface area contributed by atoms with Crippen molar-refractivity contribution in [3.8, 4) is 0 Å². The van der Waals surface area contributed by atoms with E-state index in [1.807, 2.05) is 0 Å². The summed E-state index contributed by atoms with van der Waals surface area (Å²) in [5.74, 6) is 0.470. The molecule has 4 heteroatoms. The van der Waals surface area contributed by atoms with Gasteiger partial charge in [0.15, 0.2) is 0 Å². The number of hydrogen-bond donors (Lipinski definition) is 1. The maximum Gasteiger partial charge on any atom is 0.341 e. The molecule has 2 unspecified atom stereocenters. The Labute approximate surface area is 89.0 Å². The van der Waals surface area contributed by atoms with Crippen LogP contribution in [-0.2, 0) is 4.74 Å². The van der Waals surface area contributed by atoms with Crippen LogP contribution in [0.3, 0.4) is 0 Å². The third-order valence-electron chi connectivity index (χ3n) is 3.08. The summed E-state index contributed by atoms with van der Waals surface area (Å²) < 4.78 is 5.39. The van der Waals surface area contributed by atoms with Gasteiger partial charge >= 0.3 is 5.97 Å². The van der Waals surface area contributed by atoms with E-state index < -0.39 is 0 Å². The van der Waals surface area contributed by atoms with Gasteiger partial charge in [-0.05, 0) is 25.2 Å². The summed E-state index contributed by atoms with van der Waals surface area (Å²) in [6.07, 6.45) is 7.54. The van der Waals surface area contributed by atoms with E-state index in [2.05, 4.69) is 17.1 Å². The smallest absolute Gasteiger partial charge is 0.341 e. The van der Waals surface area contributed by atoms with E-state index in [-0.39, 0.29) is 12.1 Å². The van der Waals surface area contributed by atoms with Gasteiger partial charge in [-0.2, -0.15) is 5.10 Å². The molecule has 4 nitrogen and oxygen atoms in total. The van der Waals surface area contributed by atoms with Crippen molar-refractivity contribution in [1.29, 1.82) is 0 Å². The number of H-pyrrole nitrogens is 1. The van der Waals surface area contributed by atoms with Gasteiger partial charge in [-0.25, -0.2) is 4.79 Å². The zero-order valence-corrected chi connectivity index (χ0v) is 8.90. The molecule has 1 fully saturated rings. The number of nitrogens with zero attached hydrogens (tertiary/aromatic N) is 1. The molecule has 1 saturated carbocycles. The minimum Gasteiger partial charge on any atom is -0.459 e. The predicted octanol–water partition coefficient (Wildman–Crippen LogP) is 2.15. The van der Waals surface area contributed by atoms with Gasteiger partial charge in [0.2, 0.25) is 0 Å². The van der Waals surface area contributed by atoms with Crippen LogP contribution in [0.15, 0.2) is 12.4 Å². The number of rotatable bonds is 3. The SMILES string of the molecule is CCC1CCC(OC(=O)c2cn[nH]c2)C1. The van der Waals surface area contributed by atoms with E-state index in [1.165, 1.54) is 19.0 Å². The monoisotopic (exact) mass is 208 g/mol. The number of carbonyl (C=O) groups is 1. The summed E-state index contributed by atoms with van der Waals surface area (Å²) in [5.41, 5.74) is 0.509. The third kappa shape index (κ3) is 2.37. The highest BCUT2D eigenvalue weighted by atomic mass is 16.5. The third-order valence-corrected chi connectivity index (χ3v) is 3.08. The second-order valence-electron chi connectivity index (χ2n) is 4.10. The zero-order valence-electron chi connectivity index (χ0n) is 8.90. The van der Waals surface area contributed by atoms with E-state index in [1.54, 1.807) is 6.20 Å². The van der Waals surface area contributed by atoms with Crippen LogP contribution in [0.1, 0.15) is 43.0 Å². The largest absolute Gasteiger partial charge is 0.459 e. The van der Waals surface area contributed by atoms with Gasteiger partial charge < -0.3 is 4.74 Å². The molecule has 0 radical (unpaired) electrons. The molecule has 1 heterocycles. The first-order valence-electron chi connectivity index (χ1n) is 5.49. The number of carbonyl (C=O) groups excluding carboxylic acids is 1. The van der Waals surface area contributed by atoms with Gasteiger partial charge in [0.05, 0.1) is 11.8 Å². The summed E-state index contributed by atoms with van der Waals surface area (Å²) in [5, 5.41) is 6.33. The van der Waals surface area contributed by atoms with Crippen LogP contribution in [0.5, 0.6) is 0 Å². The predicted molar refractivity (Wildman–Crippen MR) is 55.4 cm³/mol. The van der Waals surface area contributed by atoms with E-state index in [9.17, 15) is 4.79 Å². The van der Waals surface area contributed by atoms with Gasteiger partial charge in [0, 0.05) is 6.20 Å². The lowest BCUT2D eigenvalue weighted by atomic mass is 10.1. The molecular formula is C11H16N2O2. The van der Waals surface area contributed by atoms with Crippen molar-refractivity contribution in [2.45, 2.75) is 38.7 Å². The minimum atomic E-state index is -0.259. The van der Waals surface area contributed by atoms with Gasteiger partial charge in [-0.1, -0.05) is 13.3 Å². The molecule has 0 saturated heterocycles. The standard InChI is InChI=1S/C11H16N2O2/c1-2-8-3-4-10(5-8)15-11(14)9-6-12-13-7-9/h6-8,10H,2-5H2,1H3,(H,12,13).